The van der Waals surface area contributed by atoms with Gasteiger partial charge >= 0.3 is 0 Å². The Morgan fingerprint density at radius 3 is 1.32 bits per heavy atom. The van der Waals surface area contributed by atoms with Crippen molar-refractivity contribution in [2.24, 2.45) is 0 Å². The summed E-state index contributed by atoms with van der Waals surface area (Å²) in [5.74, 6) is -0.400. The average molecular weight is 384 g/mol. The molecule has 25 heavy (non-hydrogen) atoms. The summed E-state index contributed by atoms with van der Waals surface area (Å²) in [4.78, 5) is -0.157. The number of hydrogen-bond donors (Lipinski definition) is 2. The fourth-order valence-electron chi connectivity index (χ4n) is 2.81. The second-order valence-corrected chi connectivity index (χ2v) is 10.5. The molecule has 0 saturated heterocycles. The average Bonchev–Trinajstić information content (AvgIpc) is 2.44. The van der Waals surface area contributed by atoms with Crippen molar-refractivity contribution in [3.63, 3.8) is 0 Å². The van der Waals surface area contributed by atoms with Gasteiger partial charge in [-0.25, -0.2) is 16.8 Å². The van der Waals surface area contributed by atoms with Crippen molar-refractivity contribution in [1.29, 1.82) is 0 Å². The summed E-state index contributed by atoms with van der Waals surface area (Å²) < 4.78 is 48.6. The maximum absolute atomic E-state index is 12.2. The molecule has 0 spiro atoms. The third-order valence-electron chi connectivity index (χ3n) is 4.08. The van der Waals surface area contributed by atoms with Crippen molar-refractivity contribution >= 4 is 19.7 Å². The van der Waals surface area contributed by atoms with Crippen molar-refractivity contribution in [3.05, 3.63) is 47.5 Å². The maximum atomic E-state index is 12.2. The summed E-state index contributed by atoms with van der Waals surface area (Å²) in [5, 5.41) is 19.3. The highest BCUT2D eigenvalue weighted by Crippen LogP contribution is 2.40. The third-order valence-corrected chi connectivity index (χ3v) is 6.35. The Balaban J connectivity index is 2.87. The number of hydrogen-bond acceptors (Lipinski definition) is 6. The molecular weight excluding hydrogens is 364 g/mol. The van der Waals surface area contributed by atoms with Crippen LogP contribution < -0.4 is 0 Å². The van der Waals surface area contributed by atoms with E-state index in [-0.39, 0.29) is 21.3 Å². The van der Waals surface area contributed by atoms with Crippen molar-refractivity contribution in [2.45, 2.75) is 29.1 Å². The molecule has 6 nitrogen and oxygen atoms in total. The van der Waals surface area contributed by atoms with Gasteiger partial charge in [0, 0.05) is 17.9 Å². The van der Waals surface area contributed by atoms with E-state index < -0.39 is 25.1 Å². The maximum Gasteiger partial charge on any atom is 0.175 e. The van der Waals surface area contributed by atoms with E-state index in [9.17, 15) is 27.0 Å². The Morgan fingerprint density at radius 1 is 0.720 bits per heavy atom. The lowest BCUT2D eigenvalue weighted by atomic mass is 9.78. The van der Waals surface area contributed by atoms with E-state index in [2.05, 4.69) is 0 Å². The fourth-order valence-corrected chi connectivity index (χ4v) is 4.93. The number of aromatic hydroxyl groups is 2. The molecule has 0 radical (unpaired) electrons. The van der Waals surface area contributed by atoms with Gasteiger partial charge in [-0.15, -0.1) is 0 Å². The van der Waals surface area contributed by atoms with E-state index in [1.807, 2.05) is 0 Å². The Kier molecular flexibility index (Phi) is 4.65. The van der Waals surface area contributed by atoms with Crippen LogP contribution in [0.2, 0.25) is 0 Å². The molecule has 0 aliphatic rings. The smallest absolute Gasteiger partial charge is 0.175 e. The number of sulfone groups is 2. The van der Waals surface area contributed by atoms with E-state index in [0.29, 0.717) is 11.1 Å². The summed E-state index contributed by atoms with van der Waals surface area (Å²) in [7, 11) is -7.32. The van der Waals surface area contributed by atoms with Crippen LogP contribution in [0.15, 0.2) is 46.2 Å². The first kappa shape index (κ1) is 19.3. The Hall–Kier alpha value is -2.06. The van der Waals surface area contributed by atoms with E-state index in [0.717, 1.165) is 24.6 Å². The van der Waals surface area contributed by atoms with Crippen LogP contribution in [0, 0.1) is 0 Å². The second kappa shape index (κ2) is 6.03. The zero-order valence-corrected chi connectivity index (χ0v) is 15.9. The molecule has 8 heteroatoms. The quantitative estimate of drug-likeness (QED) is 0.837. The molecule has 0 aliphatic carbocycles. The van der Waals surface area contributed by atoms with Crippen molar-refractivity contribution in [3.8, 4) is 11.5 Å². The molecule has 2 aromatic rings. The molecule has 0 atom stereocenters. The van der Waals surface area contributed by atoms with Crippen molar-refractivity contribution < 1.29 is 27.0 Å². The van der Waals surface area contributed by atoms with Gasteiger partial charge in [0.05, 0.1) is 9.79 Å². The summed E-state index contributed by atoms with van der Waals surface area (Å²) in [6, 6.07) is 7.92. The summed E-state index contributed by atoms with van der Waals surface area (Å²) >= 11 is 0. The predicted molar refractivity (Wildman–Crippen MR) is 94.6 cm³/mol. The highest BCUT2D eigenvalue weighted by molar-refractivity contribution is 7.91. The molecule has 0 unspecified atom stereocenters. The van der Waals surface area contributed by atoms with E-state index in [1.54, 1.807) is 13.8 Å². The Bertz CT molecular complexity index is 951. The normalized spacial score (nSPS) is 13.0. The van der Waals surface area contributed by atoms with Gasteiger partial charge in [-0.2, -0.15) is 0 Å². The molecule has 0 aromatic heterocycles. The third kappa shape index (κ3) is 3.80. The lowest BCUT2D eigenvalue weighted by molar-refractivity contribution is 0.469. The van der Waals surface area contributed by atoms with Gasteiger partial charge in [0.25, 0.3) is 0 Å². The van der Waals surface area contributed by atoms with Crippen molar-refractivity contribution in [1.82, 2.24) is 0 Å². The van der Waals surface area contributed by atoms with Gasteiger partial charge in [0.2, 0.25) is 0 Å². The van der Waals surface area contributed by atoms with Crippen LogP contribution >= 0.6 is 0 Å². The first-order valence-corrected chi connectivity index (χ1v) is 11.1. The standard InChI is InChI=1S/C17H20O6S2/c1-17(2,13-7-5-11(18)9-15(13)24(3,20)21)14-8-6-12(19)10-16(14)25(4,22)23/h5-10,18-19H,1-4H3. The van der Waals surface area contributed by atoms with Crippen LogP contribution in [0.3, 0.4) is 0 Å². The van der Waals surface area contributed by atoms with Gasteiger partial charge in [0.1, 0.15) is 11.5 Å². The molecule has 2 aromatic carbocycles. The molecule has 0 fully saturated rings. The minimum atomic E-state index is -3.66. The first-order valence-electron chi connectivity index (χ1n) is 7.31. The predicted octanol–water partition coefficient (Wildman–Crippen LogP) is 2.23. The molecule has 0 bridgehead atoms. The topological polar surface area (TPSA) is 109 Å². The zero-order chi connectivity index (χ0) is 19.2. The minimum Gasteiger partial charge on any atom is -0.508 e. The molecule has 2 rings (SSSR count). The lowest BCUT2D eigenvalue weighted by Crippen LogP contribution is -2.24. The number of rotatable bonds is 4. The first-order chi connectivity index (χ1) is 11.2. The highest BCUT2D eigenvalue weighted by Gasteiger charge is 2.33. The zero-order valence-electron chi connectivity index (χ0n) is 14.3. The van der Waals surface area contributed by atoms with Gasteiger partial charge in [-0.3, -0.25) is 0 Å². The van der Waals surface area contributed by atoms with Crippen LogP contribution in [-0.4, -0.2) is 39.6 Å². The fraction of sp³-hybridized carbons (Fsp3) is 0.294. The number of phenols is 2. The van der Waals surface area contributed by atoms with Crippen LogP contribution in [0.1, 0.15) is 25.0 Å². The van der Waals surface area contributed by atoms with Gasteiger partial charge in [-0.05, 0) is 35.4 Å². The second-order valence-electron chi connectivity index (χ2n) is 6.53. The summed E-state index contributed by atoms with van der Waals surface area (Å²) in [5.41, 5.74) is -0.315. The molecule has 0 saturated carbocycles. The van der Waals surface area contributed by atoms with E-state index in [1.165, 1.54) is 24.3 Å². The van der Waals surface area contributed by atoms with Gasteiger partial charge < -0.3 is 10.2 Å². The molecule has 0 heterocycles. The highest BCUT2D eigenvalue weighted by atomic mass is 32.2. The largest absolute Gasteiger partial charge is 0.508 e. The monoisotopic (exact) mass is 384 g/mol. The molecule has 0 amide bonds. The van der Waals surface area contributed by atoms with Crippen LogP contribution in [0.5, 0.6) is 11.5 Å². The Labute approximate surface area is 147 Å². The minimum absolute atomic E-state index is 0.0787. The van der Waals surface area contributed by atoms with Crippen molar-refractivity contribution in [2.75, 3.05) is 12.5 Å². The number of phenolic OH excluding ortho intramolecular Hbond substituents is 2. The lowest BCUT2D eigenvalue weighted by Gasteiger charge is -2.30. The molecular formula is C17H20O6S2. The van der Waals surface area contributed by atoms with Crippen LogP contribution in [0.25, 0.3) is 0 Å². The Morgan fingerprint density at radius 2 is 1.04 bits per heavy atom. The number of benzene rings is 2. The SMILES string of the molecule is CC(C)(c1ccc(O)cc1S(C)(=O)=O)c1ccc(O)cc1S(C)(=O)=O. The molecule has 0 aliphatic heterocycles. The van der Waals surface area contributed by atoms with Gasteiger partial charge in [0.15, 0.2) is 19.7 Å². The van der Waals surface area contributed by atoms with Crippen LogP contribution in [-0.2, 0) is 25.1 Å². The van der Waals surface area contributed by atoms with Crippen LogP contribution in [0.4, 0.5) is 0 Å². The van der Waals surface area contributed by atoms with E-state index >= 15 is 0 Å². The summed E-state index contributed by atoms with van der Waals surface area (Å²) in [6.07, 6.45) is 2.05. The molecule has 136 valence electrons. The van der Waals surface area contributed by atoms with Gasteiger partial charge in [-0.1, -0.05) is 26.0 Å². The summed E-state index contributed by atoms with van der Waals surface area (Å²) in [6.45, 7) is 3.38. The van der Waals surface area contributed by atoms with E-state index in [4.69, 9.17) is 0 Å². The molecule has 2 N–H and O–H groups in total.